The van der Waals surface area contributed by atoms with Gasteiger partial charge < -0.3 is 50.4 Å². The standard InChI is InChI=1S/C17H24N2O4.C13H18N2O2.C9H18N2O2/c1-13(2)23-16(20)18-15-8-10-19(11-9-15)17(21)22-12-14-6-4-3-5-7-14;14-12-6-8-15(9-7-12)13(16)17-10-11-4-2-1-3-5-11;1-7(2)13-9(12)11-8-3-5-10-6-4-8/h3-7,13,15H,8-12H2,1-2H3,(H,18,20);1-5,12H,6-10,14H2;7-8,10H,3-6H2,1-2H3,(H,11,12). The number of piperidine rings is 3. The minimum absolute atomic E-state index is 0.0401. The zero-order chi connectivity index (χ0) is 38.4. The molecule has 0 radical (unpaired) electrons. The van der Waals surface area contributed by atoms with E-state index in [9.17, 15) is 19.2 Å². The highest BCUT2D eigenvalue weighted by Crippen LogP contribution is 2.14. The molecule has 0 atom stereocenters. The Morgan fingerprint density at radius 2 is 1.02 bits per heavy atom. The molecule has 53 heavy (non-hydrogen) atoms. The second-order valence-electron chi connectivity index (χ2n) is 13.9. The molecule has 2 aromatic rings. The van der Waals surface area contributed by atoms with Gasteiger partial charge in [0.05, 0.1) is 12.2 Å². The van der Waals surface area contributed by atoms with Gasteiger partial charge in [-0.25, -0.2) is 19.2 Å². The SMILES string of the molecule is CC(C)OC(=O)NC1CCN(C(=O)OCc2ccccc2)CC1.CC(C)OC(=O)NC1CCNCC1.NC1CCN(C(=O)OCc2ccccc2)CC1. The van der Waals surface area contributed by atoms with Gasteiger partial charge >= 0.3 is 24.4 Å². The average molecular weight is 741 g/mol. The van der Waals surface area contributed by atoms with Crippen LogP contribution < -0.4 is 21.7 Å². The largest absolute Gasteiger partial charge is 0.447 e. The van der Waals surface area contributed by atoms with Gasteiger partial charge in [0.25, 0.3) is 0 Å². The molecule has 0 spiro atoms. The molecule has 3 heterocycles. The molecule has 0 aromatic heterocycles. The Hall–Kier alpha value is -4.56. The molecule has 0 unspecified atom stereocenters. The summed E-state index contributed by atoms with van der Waals surface area (Å²) < 4.78 is 20.6. The van der Waals surface area contributed by atoms with Crippen LogP contribution in [0.5, 0.6) is 0 Å². The summed E-state index contributed by atoms with van der Waals surface area (Å²) in [7, 11) is 0. The lowest BCUT2D eigenvalue weighted by atomic mass is 10.1. The molecule has 3 saturated heterocycles. The molecule has 294 valence electrons. The maximum absolute atomic E-state index is 12.0. The van der Waals surface area contributed by atoms with Gasteiger partial charge in [0.15, 0.2) is 0 Å². The summed E-state index contributed by atoms with van der Waals surface area (Å²) in [5, 5.41) is 8.91. The van der Waals surface area contributed by atoms with Gasteiger partial charge in [-0.05, 0) is 90.4 Å². The lowest BCUT2D eigenvalue weighted by Crippen LogP contribution is -2.47. The van der Waals surface area contributed by atoms with E-state index in [0.29, 0.717) is 45.6 Å². The number of benzene rings is 2. The quantitative estimate of drug-likeness (QED) is 0.252. The minimum Gasteiger partial charge on any atom is -0.447 e. The Balaban J connectivity index is 0.000000223. The number of carbonyl (C=O) groups is 4. The molecule has 3 aliphatic heterocycles. The van der Waals surface area contributed by atoms with Crippen molar-refractivity contribution in [1.82, 2.24) is 25.8 Å². The Labute approximate surface area is 314 Å². The Bertz CT molecular complexity index is 1340. The van der Waals surface area contributed by atoms with Gasteiger partial charge in [-0.15, -0.1) is 0 Å². The fourth-order valence-electron chi connectivity index (χ4n) is 5.71. The lowest BCUT2D eigenvalue weighted by Gasteiger charge is -2.31. The minimum atomic E-state index is -0.398. The summed E-state index contributed by atoms with van der Waals surface area (Å²) in [4.78, 5) is 49.9. The Morgan fingerprint density at radius 1 is 0.642 bits per heavy atom. The van der Waals surface area contributed by atoms with Crippen molar-refractivity contribution in [2.24, 2.45) is 5.73 Å². The zero-order valence-corrected chi connectivity index (χ0v) is 31.8. The van der Waals surface area contributed by atoms with Crippen molar-refractivity contribution >= 4 is 24.4 Å². The highest BCUT2D eigenvalue weighted by Gasteiger charge is 2.25. The highest BCUT2D eigenvalue weighted by atomic mass is 16.6. The van der Waals surface area contributed by atoms with Crippen LogP contribution in [-0.2, 0) is 32.2 Å². The monoisotopic (exact) mass is 740 g/mol. The third-order valence-electron chi connectivity index (χ3n) is 8.63. The second kappa shape index (κ2) is 23.9. The number of amides is 4. The average Bonchev–Trinajstić information content (AvgIpc) is 3.14. The molecule has 0 bridgehead atoms. The number of likely N-dealkylation sites (tertiary alicyclic amines) is 2. The number of hydrogen-bond donors (Lipinski definition) is 4. The van der Waals surface area contributed by atoms with Gasteiger partial charge in [0.1, 0.15) is 13.2 Å². The first-order valence-corrected chi connectivity index (χ1v) is 18.8. The predicted molar refractivity (Wildman–Crippen MR) is 202 cm³/mol. The molecule has 5 N–H and O–H groups in total. The van der Waals surface area contributed by atoms with E-state index >= 15 is 0 Å². The van der Waals surface area contributed by atoms with E-state index in [4.69, 9.17) is 24.7 Å². The molecule has 0 aliphatic carbocycles. The topological polar surface area (TPSA) is 174 Å². The van der Waals surface area contributed by atoms with E-state index in [0.717, 1.165) is 49.9 Å². The van der Waals surface area contributed by atoms with Crippen LogP contribution in [0.3, 0.4) is 0 Å². The molecule has 14 nitrogen and oxygen atoms in total. The van der Waals surface area contributed by atoms with E-state index in [1.807, 2.05) is 88.4 Å². The molecule has 5 rings (SSSR count). The first kappa shape index (κ1) is 42.8. The summed E-state index contributed by atoms with van der Waals surface area (Å²) >= 11 is 0. The number of ether oxygens (including phenoxy) is 4. The number of alkyl carbamates (subject to hydrolysis) is 2. The molecule has 0 saturated carbocycles. The van der Waals surface area contributed by atoms with Gasteiger partial charge in [-0.2, -0.15) is 0 Å². The van der Waals surface area contributed by atoms with Crippen molar-refractivity contribution in [2.75, 3.05) is 39.3 Å². The van der Waals surface area contributed by atoms with Crippen LogP contribution in [0, 0.1) is 0 Å². The highest BCUT2D eigenvalue weighted by molar-refractivity contribution is 5.69. The molecule has 14 heteroatoms. The fourth-order valence-corrected chi connectivity index (χ4v) is 5.71. The van der Waals surface area contributed by atoms with E-state index in [2.05, 4.69) is 16.0 Å². The van der Waals surface area contributed by atoms with Gasteiger partial charge in [0, 0.05) is 44.3 Å². The van der Waals surface area contributed by atoms with E-state index in [1.54, 1.807) is 9.80 Å². The maximum atomic E-state index is 12.0. The zero-order valence-electron chi connectivity index (χ0n) is 31.8. The van der Waals surface area contributed by atoms with Gasteiger partial charge in [-0.3, -0.25) is 0 Å². The fraction of sp³-hybridized carbons (Fsp3) is 0.590. The summed E-state index contributed by atoms with van der Waals surface area (Å²) in [5.74, 6) is 0. The number of nitrogens with one attached hydrogen (secondary N) is 3. The summed E-state index contributed by atoms with van der Waals surface area (Å²) in [5.41, 5.74) is 7.76. The van der Waals surface area contributed by atoms with Crippen LogP contribution in [0.1, 0.15) is 77.3 Å². The molecule has 3 aliphatic rings. The van der Waals surface area contributed by atoms with Crippen LogP contribution in [-0.4, -0.2) is 104 Å². The first-order valence-electron chi connectivity index (χ1n) is 18.8. The number of hydrogen-bond acceptors (Lipinski definition) is 10. The summed E-state index contributed by atoms with van der Waals surface area (Å²) in [6.45, 7) is 12.4. The Morgan fingerprint density at radius 3 is 1.42 bits per heavy atom. The first-order chi connectivity index (χ1) is 25.5. The Kier molecular flexibility index (Phi) is 19.3. The molecule has 2 aromatic carbocycles. The third kappa shape index (κ3) is 18.2. The van der Waals surface area contributed by atoms with Crippen molar-refractivity contribution in [3.05, 3.63) is 71.8 Å². The van der Waals surface area contributed by atoms with Gasteiger partial charge in [-0.1, -0.05) is 60.7 Å². The number of nitrogens with two attached hydrogens (primary N) is 1. The third-order valence-corrected chi connectivity index (χ3v) is 8.63. The van der Waals surface area contributed by atoms with Crippen molar-refractivity contribution in [3.63, 3.8) is 0 Å². The smallest absolute Gasteiger partial charge is 0.410 e. The summed E-state index contributed by atoms with van der Waals surface area (Å²) in [6.07, 6.45) is 3.71. The number of nitrogens with zero attached hydrogens (tertiary/aromatic N) is 2. The summed E-state index contributed by atoms with van der Waals surface area (Å²) in [6, 6.07) is 19.8. The lowest BCUT2D eigenvalue weighted by molar-refractivity contribution is 0.0816. The molecular formula is C39H60N6O8. The number of rotatable bonds is 8. The van der Waals surface area contributed by atoms with Crippen LogP contribution in [0.4, 0.5) is 19.2 Å². The maximum Gasteiger partial charge on any atom is 0.410 e. The van der Waals surface area contributed by atoms with Crippen LogP contribution in [0.25, 0.3) is 0 Å². The van der Waals surface area contributed by atoms with Crippen molar-refractivity contribution in [1.29, 1.82) is 0 Å². The van der Waals surface area contributed by atoms with E-state index < -0.39 is 6.09 Å². The molecule has 3 fully saturated rings. The van der Waals surface area contributed by atoms with Crippen molar-refractivity contribution in [2.45, 2.75) is 110 Å². The van der Waals surface area contributed by atoms with Crippen molar-refractivity contribution < 1.29 is 38.1 Å². The normalized spacial score (nSPS) is 16.7. The van der Waals surface area contributed by atoms with Crippen molar-refractivity contribution in [3.8, 4) is 0 Å². The van der Waals surface area contributed by atoms with E-state index in [-0.39, 0.29) is 55.2 Å². The van der Waals surface area contributed by atoms with Crippen LogP contribution in [0.2, 0.25) is 0 Å². The number of carbonyl (C=O) groups excluding carboxylic acids is 4. The van der Waals surface area contributed by atoms with Crippen LogP contribution in [0.15, 0.2) is 60.7 Å². The van der Waals surface area contributed by atoms with Gasteiger partial charge in [0.2, 0.25) is 0 Å². The van der Waals surface area contributed by atoms with E-state index in [1.165, 1.54) is 0 Å². The molecule has 4 amide bonds. The molecular weight excluding hydrogens is 680 g/mol. The second-order valence-corrected chi connectivity index (χ2v) is 13.9. The predicted octanol–water partition coefficient (Wildman–Crippen LogP) is 5.54. The van der Waals surface area contributed by atoms with Crippen LogP contribution >= 0.6 is 0 Å².